The summed E-state index contributed by atoms with van der Waals surface area (Å²) >= 11 is 0. The molecule has 0 aliphatic rings. The normalized spacial score (nSPS) is 10.3. The molecule has 6 heteroatoms. The quantitative estimate of drug-likeness (QED) is 0.407. The van der Waals surface area contributed by atoms with Gasteiger partial charge in [-0.2, -0.15) is 5.26 Å². The van der Waals surface area contributed by atoms with E-state index < -0.39 is 17.2 Å². The molecule has 0 unspecified atom stereocenters. The second kappa shape index (κ2) is 9.56. The van der Waals surface area contributed by atoms with Crippen LogP contribution in [0.15, 0.2) is 41.7 Å². The fourth-order valence-electron chi connectivity index (χ4n) is 2.95. The first-order valence-corrected chi connectivity index (χ1v) is 9.21. The number of hydrogen-bond acceptors (Lipinski definition) is 5. The summed E-state index contributed by atoms with van der Waals surface area (Å²) in [5.74, 6) is -0.264. The molecular weight excluding hydrogens is 356 g/mol. The Kier molecular flexibility index (Phi) is 7.16. The first-order chi connectivity index (χ1) is 13.5. The summed E-state index contributed by atoms with van der Waals surface area (Å²) < 4.78 is 6.52. The number of carbonyl (C=O) groups excluding carboxylic acids is 1. The van der Waals surface area contributed by atoms with E-state index in [-0.39, 0.29) is 23.2 Å². The lowest BCUT2D eigenvalue weighted by Gasteiger charge is -2.15. The van der Waals surface area contributed by atoms with Gasteiger partial charge in [0.05, 0.1) is 5.56 Å². The molecule has 0 saturated heterocycles. The number of nitrogens with zero attached hydrogens (tertiary/aromatic N) is 2. The maximum atomic E-state index is 13.0. The van der Waals surface area contributed by atoms with Crippen molar-refractivity contribution < 1.29 is 14.6 Å². The molecule has 0 radical (unpaired) electrons. The number of benzene rings is 1. The highest BCUT2D eigenvalue weighted by molar-refractivity contribution is 6.11. The zero-order chi connectivity index (χ0) is 20.7. The van der Waals surface area contributed by atoms with Crippen molar-refractivity contribution in [3.63, 3.8) is 0 Å². The molecule has 0 aliphatic carbocycles. The number of unbranched alkanes of at least 4 members (excludes halogenated alkanes) is 2. The number of pyridine rings is 1. The molecule has 2 aromatic rings. The zero-order valence-corrected chi connectivity index (χ0v) is 16.2. The molecule has 0 amide bonds. The number of carbonyl (C=O) groups is 1. The number of ketones is 1. The van der Waals surface area contributed by atoms with Crippen LogP contribution in [0.1, 0.15) is 53.2 Å². The lowest BCUT2D eigenvalue weighted by molar-refractivity contribution is 0.103. The van der Waals surface area contributed by atoms with Gasteiger partial charge < -0.3 is 9.84 Å². The fourth-order valence-corrected chi connectivity index (χ4v) is 2.95. The predicted octanol–water partition coefficient (Wildman–Crippen LogP) is 3.72. The number of ether oxygens (including phenoxy) is 1. The second-order valence-corrected chi connectivity index (χ2v) is 6.43. The van der Waals surface area contributed by atoms with Gasteiger partial charge in [-0.1, -0.05) is 32.4 Å². The highest BCUT2D eigenvalue weighted by Crippen LogP contribution is 2.26. The van der Waals surface area contributed by atoms with Crippen LogP contribution in [0.25, 0.3) is 0 Å². The smallest absolute Gasteiger partial charge is 0.271 e. The summed E-state index contributed by atoms with van der Waals surface area (Å²) in [7, 11) is 0. The Bertz CT molecular complexity index is 966. The molecule has 146 valence electrons. The Morgan fingerprint density at radius 3 is 2.57 bits per heavy atom. The van der Waals surface area contributed by atoms with Crippen LogP contribution in [-0.2, 0) is 6.54 Å². The number of aromatic nitrogens is 1. The van der Waals surface area contributed by atoms with Crippen molar-refractivity contribution in [3.8, 4) is 17.7 Å². The molecule has 2 rings (SSSR count). The first kappa shape index (κ1) is 21.0. The lowest BCUT2D eigenvalue weighted by Crippen LogP contribution is -2.27. The average molecular weight is 380 g/mol. The molecule has 28 heavy (non-hydrogen) atoms. The van der Waals surface area contributed by atoms with E-state index in [2.05, 4.69) is 6.58 Å². The molecule has 1 heterocycles. The van der Waals surface area contributed by atoms with E-state index >= 15 is 0 Å². The maximum Gasteiger partial charge on any atom is 0.271 e. The summed E-state index contributed by atoms with van der Waals surface area (Å²) in [5.41, 5.74) is -0.199. The van der Waals surface area contributed by atoms with E-state index in [1.165, 1.54) is 6.92 Å². The second-order valence-electron chi connectivity index (χ2n) is 6.43. The van der Waals surface area contributed by atoms with E-state index in [4.69, 9.17) is 4.74 Å². The third-order valence-corrected chi connectivity index (χ3v) is 4.50. The molecule has 1 aromatic carbocycles. The van der Waals surface area contributed by atoms with Crippen LogP contribution in [0.3, 0.4) is 0 Å². The molecular formula is C22H24N2O4. The van der Waals surface area contributed by atoms with Gasteiger partial charge in [0, 0.05) is 12.1 Å². The van der Waals surface area contributed by atoms with Crippen molar-refractivity contribution in [3.05, 3.63) is 69.5 Å². The molecule has 0 aliphatic heterocycles. The third-order valence-electron chi connectivity index (χ3n) is 4.50. The van der Waals surface area contributed by atoms with Crippen LogP contribution in [0.5, 0.6) is 11.6 Å². The predicted molar refractivity (Wildman–Crippen MR) is 107 cm³/mol. The summed E-state index contributed by atoms with van der Waals surface area (Å²) in [6, 6.07) is 8.33. The van der Waals surface area contributed by atoms with E-state index in [0.717, 1.165) is 17.4 Å². The topological polar surface area (TPSA) is 92.3 Å². The number of nitriles is 1. The van der Waals surface area contributed by atoms with Crippen LogP contribution in [-0.4, -0.2) is 22.1 Å². The van der Waals surface area contributed by atoms with E-state index in [1.807, 2.05) is 13.0 Å². The molecule has 0 saturated carbocycles. The van der Waals surface area contributed by atoms with Gasteiger partial charge in [0.15, 0.2) is 5.78 Å². The zero-order valence-electron chi connectivity index (χ0n) is 16.2. The van der Waals surface area contributed by atoms with Crippen molar-refractivity contribution >= 4 is 5.78 Å². The Hall–Kier alpha value is -3.33. The number of rotatable bonds is 9. The Labute approximate surface area is 164 Å². The van der Waals surface area contributed by atoms with Crippen LogP contribution in [0.4, 0.5) is 0 Å². The molecule has 0 atom stereocenters. The standard InChI is InChI=1S/C22H24N2O4/c1-4-6-7-12-24-21(26)18(14-23)15(3)19(22(24)27)20(25)16-8-10-17(11-9-16)28-13-5-2/h5,8-11,27H,2,4,6-7,12-13H2,1,3H3. The molecule has 6 nitrogen and oxygen atoms in total. The molecule has 0 fully saturated rings. The summed E-state index contributed by atoms with van der Waals surface area (Å²) in [4.78, 5) is 25.6. The number of hydrogen-bond donors (Lipinski definition) is 1. The minimum absolute atomic E-state index is 0.0209. The SMILES string of the molecule is C=CCOc1ccc(C(=O)c2c(C)c(C#N)c(=O)n(CCCCC)c2O)cc1. The minimum atomic E-state index is -0.571. The van der Waals surface area contributed by atoms with E-state index in [0.29, 0.717) is 24.3 Å². The number of aromatic hydroxyl groups is 1. The highest BCUT2D eigenvalue weighted by atomic mass is 16.5. The summed E-state index contributed by atoms with van der Waals surface area (Å²) in [5, 5.41) is 20.1. The van der Waals surface area contributed by atoms with Gasteiger partial charge in [0.1, 0.15) is 24.0 Å². The van der Waals surface area contributed by atoms with Crippen molar-refractivity contribution in [2.24, 2.45) is 0 Å². The first-order valence-electron chi connectivity index (χ1n) is 9.21. The fraction of sp³-hybridized carbons (Fsp3) is 0.318. The van der Waals surface area contributed by atoms with Gasteiger partial charge in [-0.05, 0) is 43.2 Å². The molecule has 0 spiro atoms. The van der Waals surface area contributed by atoms with Crippen molar-refractivity contribution in [1.82, 2.24) is 4.57 Å². The van der Waals surface area contributed by atoms with Crippen LogP contribution >= 0.6 is 0 Å². The summed E-state index contributed by atoms with van der Waals surface area (Å²) in [6.45, 7) is 7.71. The molecule has 0 bridgehead atoms. The van der Waals surface area contributed by atoms with Crippen molar-refractivity contribution in [1.29, 1.82) is 5.26 Å². The van der Waals surface area contributed by atoms with Crippen LogP contribution < -0.4 is 10.3 Å². The third kappa shape index (κ3) is 4.32. The lowest BCUT2D eigenvalue weighted by atomic mass is 9.97. The van der Waals surface area contributed by atoms with Gasteiger partial charge in [-0.15, -0.1) is 0 Å². The highest BCUT2D eigenvalue weighted by Gasteiger charge is 2.24. The van der Waals surface area contributed by atoms with Gasteiger partial charge in [-0.3, -0.25) is 14.2 Å². The molecule has 1 aromatic heterocycles. The van der Waals surface area contributed by atoms with Gasteiger partial charge in [0.25, 0.3) is 5.56 Å². The largest absolute Gasteiger partial charge is 0.494 e. The van der Waals surface area contributed by atoms with Crippen molar-refractivity contribution in [2.75, 3.05) is 6.61 Å². The maximum absolute atomic E-state index is 13.0. The summed E-state index contributed by atoms with van der Waals surface area (Å²) in [6.07, 6.45) is 4.10. The van der Waals surface area contributed by atoms with E-state index in [9.17, 15) is 20.0 Å². The monoisotopic (exact) mass is 380 g/mol. The van der Waals surface area contributed by atoms with Crippen LogP contribution in [0.2, 0.25) is 0 Å². The Morgan fingerprint density at radius 2 is 2.00 bits per heavy atom. The van der Waals surface area contributed by atoms with Gasteiger partial charge >= 0.3 is 0 Å². The van der Waals surface area contributed by atoms with Gasteiger partial charge in [0.2, 0.25) is 5.88 Å². The molecule has 1 N–H and O–H groups in total. The average Bonchev–Trinajstić information content (AvgIpc) is 2.69. The Morgan fingerprint density at radius 1 is 1.32 bits per heavy atom. The minimum Gasteiger partial charge on any atom is -0.494 e. The van der Waals surface area contributed by atoms with Gasteiger partial charge in [-0.25, -0.2) is 0 Å². The van der Waals surface area contributed by atoms with E-state index in [1.54, 1.807) is 30.3 Å². The van der Waals surface area contributed by atoms with Crippen molar-refractivity contribution in [2.45, 2.75) is 39.7 Å². The Balaban J connectivity index is 2.49. The van der Waals surface area contributed by atoms with Crippen LogP contribution in [0, 0.1) is 18.3 Å².